The molecule has 0 fully saturated rings. The summed E-state index contributed by atoms with van der Waals surface area (Å²) in [5.74, 6) is 0.0502. The van der Waals surface area contributed by atoms with Crippen LogP contribution in [0.1, 0.15) is 16.2 Å². The normalized spacial score (nSPS) is 10.4. The monoisotopic (exact) mass is 328 g/mol. The van der Waals surface area contributed by atoms with E-state index in [9.17, 15) is 9.18 Å². The first-order chi connectivity index (χ1) is 11.7. The van der Waals surface area contributed by atoms with Crippen molar-refractivity contribution in [2.24, 2.45) is 0 Å². The van der Waals surface area contributed by atoms with Crippen LogP contribution < -0.4 is 4.74 Å². The summed E-state index contributed by atoms with van der Waals surface area (Å²) < 4.78 is 28.2. The Morgan fingerprint density at radius 1 is 1.21 bits per heavy atom. The first kappa shape index (κ1) is 15.7. The van der Waals surface area contributed by atoms with Crippen LogP contribution in [0.2, 0.25) is 0 Å². The third-order valence-corrected chi connectivity index (χ3v) is 3.20. The number of halogens is 1. The molecule has 0 N–H and O–H groups in total. The number of esters is 1. The van der Waals surface area contributed by atoms with Gasteiger partial charge >= 0.3 is 5.97 Å². The number of ether oxygens (including phenoxy) is 2. The Kier molecular flexibility index (Phi) is 4.51. The summed E-state index contributed by atoms with van der Waals surface area (Å²) in [5, 5.41) is 3.83. The van der Waals surface area contributed by atoms with Gasteiger partial charge in [0, 0.05) is 5.56 Å². The molecule has 3 rings (SSSR count). The van der Waals surface area contributed by atoms with E-state index < -0.39 is 11.8 Å². The van der Waals surface area contributed by atoms with Gasteiger partial charge in [-0.25, -0.2) is 9.18 Å². The van der Waals surface area contributed by atoms with Gasteiger partial charge < -0.3 is 14.0 Å². The molecule has 0 aliphatic rings. The second-order valence-electron chi connectivity index (χ2n) is 4.83. The van der Waals surface area contributed by atoms with E-state index >= 15 is 0 Å². The van der Waals surface area contributed by atoms with Crippen LogP contribution >= 0.6 is 0 Å². The highest BCUT2D eigenvalue weighted by Crippen LogP contribution is 2.20. The molecule has 0 unspecified atom stereocenters. The molecule has 0 amide bonds. The Morgan fingerprint density at radius 3 is 2.71 bits per heavy atom. The number of rotatable bonds is 5. The molecule has 0 aliphatic carbocycles. The third kappa shape index (κ3) is 3.57. The molecule has 1 heterocycles. The minimum Gasteiger partial charge on any atom is -0.497 e. The molecule has 0 radical (unpaired) electrons. The molecule has 2 aromatic carbocycles. The van der Waals surface area contributed by atoms with E-state index in [0.717, 1.165) is 11.6 Å². The second kappa shape index (κ2) is 6.91. The van der Waals surface area contributed by atoms with Crippen molar-refractivity contribution in [1.29, 1.82) is 0 Å². The van der Waals surface area contributed by atoms with Crippen LogP contribution in [-0.2, 0) is 11.3 Å². The summed E-state index contributed by atoms with van der Waals surface area (Å²) in [5.41, 5.74) is 0.854. The van der Waals surface area contributed by atoms with Crippen LogP contribution in [0, 0.1) is 5.82 Å². The number of hydrogen-bond acceptors (Lipinski definition) is 6. The molecule has 0 saturated carbocycles. The molecule has 3 aromatic rings. The topological polar surface area (TPSA) is 74.5 Å². The predicted molar refractivity (Wildman–Crippen MR) is 81.8 cm³/mol. The Labute approximate surface area is 136 Å². The Balaban J connectivity index is 1.64. The van der Waals surface area contributed by atoms with Crippen molar-refractivity contribution in [3.05, 3.63) is 65.8 Å². The number of nitrogens with zero attached hydrogens (tertiary/aromatic N) is 2. The van der Waals surface area contributed by atoms with Crippen LogP contribution in [0.3, 0.4) is 0 Å². The van der Waals surface area contributed by atoms with Crippen LogP contribution in [0.5, 0.6) is 5.75 Å². The van der Waals surface area contributed by atoms with Gasteiger partial charge in [0.15, 0.2) is 6.61 Å². The quantitative estimate of drug-likeness (QED) is 0.669. The fraction of sp³-hybridized carbons (Fsp3) is 0.118. The van der Waals surface area contributed by atoms with Gasteiger partial charge in [-0.15, -0.1) is 0 Å². The number of benzene rings is 2. The molecule has 122 valence electrons. The molecule has 24 heavy (non-hydrogen) atoms. The molecule has 0 bridgehead atoms. The fourth-order valence-corrected chi connectivity index (χ4v) is 2.00. The average Bonchev–Trinajstić information content (AvgIpc) is 3.09. The van der Waals surface area contributed by atoms with Crippen molar-refractivity contribution < 1.29 is 23.2 Å². The average molecular weight is 328 g/mol. The lowest BCUT2D eigenvalue weighted by Crippen LogP contribution is -2.05. The summed E-state index contributed by atoms with van der Waals surface area (Å²) in [7, 11) is 1.58. The van der Waals surface area contributed by atoms with Crippen LogP contribution in [0.25, 0.3) is 11.4 Å². The molecule has 0 aliphatic heterocycles. The summed E-state index contributed by atoms with van der Waals surface area (Å²) >= 11 is 0. The number of methoxy groups -OCH3 is 1. The molecule has 0 atom stereocenters. The maximum absolute atomic E-state index is 13.1. The SMILES string of the molecule is COc1ccc(-c2noc(COC(=O)c3cccc(F)c3)n2)cc1. The van der Waals surface area contributed by atoms with Gasteiger partial charge in [0.25, 0.3) is 5.89 Å². The van der Waals surface area contributed by atoms with Crippen molar-refractivity contribution in [2.75, 3.05) is 7.11 Å². The Bertz CT molecular complexity index is 846. The molecule has 7 heteroatoms. The Morgan fingerprint density at radius 2 is 2.00 bits per heavy atom. The smallest absolute Gasteiger partial charge is 0.338 e. The largest absolute Gasteiger partial charge is 0.497 e. The first-order valence-corrected chi connectivity index (χ1v) is 7.05. The molecule has 0 saturated heterocycles. The van der Waals surface area contributed by atoms with Crippen LogP contribution in [0.15, 0.2) is 53.1 Å². The van der Waals surface area contributed by atoms with E-state index in [4.69, 9.17) is 14.0 Å². The summed E-state index contributed by atoms with van der Waals surface area (Å²) in [4.78, 5) is 16.0. The molecular formula is C17H13FN2O4. The van der Waals surface area contributed by atoms with Gasteiger partial charge in [-0.2, -0.15) is 4.98 Å². The highest BCUT2D eigenvalue weighted by atomic mass is 19.1. The van der Waals surface area contributed by atoms with Crippen LogP contribution in [0.4, 0.5) is 4.39 Å². The molecular weight excluding hydrogens is 315 g/mol. The zero-order valence-electron chi connectivity index (χ0n) is 12.7. The molecule has 0 spiro atoms. The number of carbonyl (C=O) groups is 1. The van der Waals surface area contributed by atoms with E-state index in [-0.39, 0.29) is 18.1 Å². The molecule has 6 nitrogen and oxygen atoms in total. The fourth-order valence-electron chi connectivity index (χ4n) is 2.00. The first-order valence-electron chi connectivity index (χ1n) is 7.05. The van der Waals surface area contributed by atoms with Crippen molar-refractivity contribution in [2.45, 2.75) is 6.61 Å². The zero-order chi connectivity index (χ0) is 16.9. The van der Waals surface area contributed by atoms with E-state index in [1.165, 1.54) is 18.2 Å². The Hall–Kier alpha value is -3.22. The number of aromatic nitrogens is 2. The number of carbonyl (C=O) groups excluding carboxylic acids is 1. The van der Waals surface area contributed by atoms with E-state index in [1.54, 1.807) is 31.4 Å². The van der Waals surface area contributed by atoms with Crippen LogP contribution in [-0.4, -0.2) is 23.2 Å². The lowest BCUT2D eigenvalue weighted by Gasteiger charge is -2.01. The summed E-state index contributed by atoms with van der Waals surface area (Å²) in [6.45, 7) is -0.196. The van der Waals surface area contributed by atoms with Crippen molar-refractivity contribution in [3.8, 4) is 17.1 Å². The standard InChI is InChI=1S/C17H13FN2O4/c1-22-14-7-5-11(6-8-14)16-19-15(24-20-16)10-23-17(21)12-3-2-4-13(18)9-12/h2-9H,10H2,1H3. The summed E-state index contributed by atoms with van der Waals surface area (Å²) in [6, 6.07) is 12.3. The van der Waals surface area contributed by atoms with Crippen molar-refractivity contribution >= 4 is 5.97 Å². The number of hydrogen-bond donors (Lipinski definition) is 0. The predicted octanol–water partition coefficient (Wildman–Crippen LogP) is 3.24. The summed E-state index contributed by atoms with van der Waals surface area (Å²) in [6.07, 6.45) is 0. The van der Waals surface area contributed by atoms with Gasteiger partial charge in [0.1, 0.15) is 11.6 Å². The lowest BCUT2D eigenvalue weighted by molar-refractivity contribution is 0.0429. The van der Waals surface area contributed by atoms with Gasteiger partial charge in [-0.05, 0) is 42.5 Å². The zero-order valence-corrected chi connectivity index (χ0v) is 12.7. The highest BCUT2D eigenvalue weighted by Gasteiger charge is 2.13. The third-order valence-electron chi connectivity index (χ3n) is 3.20. The van der Waals surface area contributed by atoms with Crippen molar-refractivity contribution in [1.82, 2.24) is 10.1 Å². The van der Waals surface area contributed by atoms with Gasteiger partial charge in [0.2, 0.25) is 5.82 Å². The van der Waals surface area contributed by atoms with E-state index in [2.05, 4.69) is 10.1 Å². The van der Waals surface area contributed by atoms with Crippen molar-refractivity contribution in [3.63, 3.8) is 0 Å². The maximum Gasteiger partial charge on any atom is 0.338 e. The second-order valence-corrected chi connectivity index (χ2v) is 4.83. The minimum absolute atomic E-state index is 0.116. The van der Waals surface area contributed by atoms with E-state index in [0.29, 0.717) is 11.6 Å². The maximum atomic E-state index is 13.1. The van der Waals surface area contributed by atoms with Gasteiger partial charge in [-0.3, -0.25) is 0 Å². The van der Waals surface area contributed by atoms with Gasteiger partial charge in [-0.1, -0.05) is 11.2 Å². The van der Waals surface area contributed by atoms with E-state index in [1.807, 2.05) is 0 Å². The van der Waals surface area contributed by atoms with Gasteiger partial charge in [0.05, 0.1) is 12.7 Å². The molecule has 1 aromatic heterocycles. The minimum atomic E-state index is -0.668. The highest BCUT2D eigenvalue weighted by molar-refractivity contribution is 5.89. The lowest BCUT2D eigenvalue weighted by atomic mass is 10.2.